The van der Waals surface area contributed by atoms with Crippen LogP contribution in [-0.2, 0) is 10.0 Å². The summed E-state index contributed by atoms with van der Waals surface area (Å²) in [6, 6.07) is 4.51. The Labute approximate surface area is 124 Å². The second-order valence-electron chi connectivity index (χ2n) is 4.78. The molecule has 1 aliphatic rings. The van der Waals surface area contributed by atoms with E-state index < -0.39 is 10.0 Å². The van der Waals surface area contributed by atoms with Gasteiger partial charge < -0.3 is 0 Å². The molecule has 2 rings (SSSR count). The van der Waals surface area contributed by atoms with Crippen molar-refractivity contribution in [3.8, 4) is 0 Å². The van der Waals surface area contributed by atoms with Crippen molar-refractivity contribution in [2.75, 3.05) is 5.01 Å². The summed E-state index contributed by atoms with van der Waals surface area (Å²) in [6.45, 7) is 2.12. The van der Waals surface area contributed by atoms with Crippen molar-refractivity contribution >= 4 is 33.1 Å². The molecule has 1 aliphatic heterocycles. The summed E-state index contributed by atoms with van der Waals surface area (Å²) in [5.41, 5.74) is 0.387. The van der Waals surface area contributed by atoms with Crippen LogP contribution in [0.5, 0.6) is 0 Å². The van der Waals surface area contributed by atoms with Crippen LogP contribution in [0.15, 0.2) is 27.5 Å². The number of anilines is 1. The van der Waals surface area contributed by atoms with E-state index in [4.69, 9.17) is 17.4 Å². The molecule has 1 heterocycles. The molecule has 2 N–H and O–H groups in total. The number of hydrogen-bond donors (Lipinski definition) is 1. The zero-order valence-corrected chi connectivity index (χ0v) is 12.9. The highest BCUT2D eigenvalue weighted by Gasteiger charge is 2.29. The molecule has 0 aromatic heterocycles. The third kappa shape index (κ3) is 3.13. The molecule has 0 radical (unpaired) electrons. The van der Waals surface area contributed by atoms with Crippen molar-refractivity contribution < 1.29 is 8.42 Å². The van der Waals surface area contributed by atoms with E-state index in [0.29, 0.717) is 23.0 Å². The van der Waals surface area contributed by atoms with Crippen molar-refractivity contribution in [2.24, 2.45) is 10.2 Å². The molecule has 0 aliphatic carbocycles. The number of unbranched alkanes of at least 4 members (excludes halogenated alkanes) is 3. The van der Waals surface area contributed by atoms with Crippen LogP contribution in [-0.4, -0.2) is 14.3 Å². The summed E-state index contributed by atoms with van der Waals surface area (Å²) in [4.78, 5) is 0.0988. The molecule has 110 valence electrons. The third-order valence-electron chi connectivity index (χ3n) is 3.22. The summed E-state index contributed by atoms with van der Waals surface area (Å²) in [5.74, 6) is 6.35. The number of sulfonamides is 1. The van der Waals surface area contributed by atoms with Gasteiger partial charge in [0, 0.05) is 11.4 Å². The Hall–Kier alpha value is -1.11. The van der Waals surface area contributed by atoms with Crippen molar-refractivity contribution in [1.29, 1.82) is 0 Å². The molecule has 0 saturated carbocycles. The minimum atomic E-state index is -3.68. The first-order valence-corrected chi connectivity index (χ1v) is 8.45. The second-order valence-corrected chi connectivity index (χ2v) is 6.78. The third-order valence-corrected chi connectivity index (χ3v) is 4.80. The van der Waals surface area contributed by atoms with Gasteiger partial charge in [-0.25, -0.2) is 5.84 Å². The topological polar surface area (TPSA) is 75.8 Å². The van der Waals surface area contributed by atoms with E-state index in [1.807, 2.05) is 0 Å². The minimum absolute atomic E-state index is 0.0988. The van der Waals surface area contributed by atoms with Crippen LogP contribution in [0.2, 0.25) is 5.02 Å². The van der Waals surface area contributed by atoms with E-state index in [1.54, 1.807) is 6.07 Å². The van der Waals surface area contributed by atoms with E-state index in [2.05, 4.69) is 11.3 Å². The number of fused-ring (bicyclic) bond motifs is 1. The largest absolute Gasteiger partial charge is 0.286 e. The van der Waals surface area contributed by atoms with Gasteiger partial charge in [-0.1, -0.05) is 37.8 Å². The zero-order chi connectivity index (χ0) is 14.8. The molecular weight excluding hydrogens is 298 g/mol. The van der Waals surface area contributed by atoms with Gasteiger partial charge in [0.15, 0.2) is 0 Å². The zero-order valence-electron chi connectivity index (χ0n) is 11.3. The molecule has 1 aromatic rings. The van der Waals surface area contributed by atoms with Crippen molar-refractivity contribution in [1.82, 2.24) is 0 Å². The van der Waals surface area contributed by atoms with Crippen LogP contribution in [0.25, 0.3) is 0 Å². The van der Waals surface area contributed by atoms with Crippen molar-refractivity contribution in [3.63, 3.8) is 0 Å². The van der Waals surface area contributed by atoms with E-state index in [9.17, 15) is 8.42 Å². The van der Waals surface area contributed by atoms with Crippen molar-refractivity contribution in [2.45, 2.75) is 43.9 Å². The molecule has 1 aromatic carbocycles. The molecule has 7 heteroatoms. The molecule has 0 fully saturated rings. The molecule has 5 nitrogen and oxygen atoms in total. The number of benzene rings is 1. The molecule has 0 saturated heterocycles. The average molecular weight is 316 g/mol. The highest BCUT2D eigenvalue weighted by Crippen LogP contribution is 2.32. The van der Waals surface area contributed by atoms with E-state index in [0.717, 1.165) is 25.7 Å². The normalized spacial score (nSPS) is 16.8. The highest BCUT2D eigenvalue weighted by molar-refractivity contribution is 7.90. The number of nitrogens with two attached hydrogens (primary N) is 1. The molecule has 0 amide bonds. The van der Waals surface area contributed by atoms with Gasteiger partial charge in [-0.15, -0.1) is 4.40 Å². The maximum atomic E-state index is 12.1. The molecule has 0 bridgehead atoms. The first kappa shape index (κ1) is 15.3. The van der Waals surface area contributed by atoms with Gasteiger partial charge in [0.25, 0.3) is 10.0 Å². The van der Waals surface area contributed by atoms with Crippen LogP contribution in [0, 0.1) is 0 Å². The Morgan fingerprint density at radius 2 is 2.05 bits per heavy atom. The lowest BCUT2D eigenvalue weighted by Gasteiger charge is -2.26. The van der Waals surface area contributed by atoms with Gasteiger partial charge in [0.1, 0.15) is 10.7 Å². The maximum Gasteiger partial charge on any atom is 0.286 e. The van der Waals surface area contributed by atoms with Crippen LogP contribution in [0.4, 0.5) is 5.69 Å². The molecule has 20 heavy (non-hydrogen) atoms. The van der Waals surface area contributed by atoms with Crippen LogP contribution >= 0.6 is 11.6 Å². The number of hydrazine groups is 1. The summed E-state index contributed by atoms with van der Waals surface area (Å²) in [7, 11) is -3.68. The quantitative estimate of drug-likeness (QED) is 0.669. The fraction of sp³-hybridized carbons (Fsp3) is 0.462. The Kier molecular flexibility index (Phi) is 4.67. The number of amidine groups is 1. The Balaban J connectivity index is 2.27. The number of rotatable bonds is 5. The van der Waals surface area contributed by atoms with Gasteiger partial charge in [0.05, 0.1) is 5.69 Å². The van der Waals surface area contributed by atoms with Gasteiger partial charge in [-0.05, 0) is 24.6 Å². The molecular formula is C13H18ClN3O2S. The molecule has 0 spiro atoms. The minimum Gasteiger partial charge on any atom is -0.264 e. The standard InChI is InChI=1S/C13H18ClN3O2S/c1-2-3-4-5-6-13-16-20(18,19)12-8-7-10(14)9-11(12)17(13)15/h7-9H,2-6,15H2,1H3. The fourth-order valence-corrected chi connectivity index (χ4v) is 3.53. The first-order chi connectivity index (χ1) is 9.45. The Morgan fingerprint density at radius 1 is 1.30 bits per heavy atom. The van der Waals surface area contributed by atoms with Crippen LogP contribution < -0.4 is 10.9 Å². The highest BCUT2D eigenvalue weighted by atomic mass is 35.5. The predicted molar refractivity (Wildman–Crippen MR) is 81.5 cm³/mol. The van der Waals surface area contributed by atoms with E-state index >= 15 is 0 Å². The van der Waals surface area contributed by atoms with E-state index in [-0.39, 0.29) is 4.90 Å². The van der Waals surface area contributed by atoms with Gasteiger partial charge in [-0.2, -0.15) is 8.42 Å². The lowest BCUT2D eigenvalue weighted by atomic mass is 10.1. The smallest absolute Gasteiger partial charge is 0.264 e. The molecule has 0 unspecified atom stereocenters. The van der Waals surface area contributed by atoms with Crippen molar-refractivity contribution in [3.05, 3.63) is 23.2 Å². The second kappa shape index (κ2) is 6.11. The van der Waals surface area contributed by atoms with Crippen LogP contribution in [0.1, 0.15) is 39.0 Å². The van der Waals surface area contributed by atoms with Gasteiger partial charge in [0.2, 0.25) is 0 Å². The Bertz CT molecular complexity index is 629. The monoisotopic (exact) mass is 315 g/mol. The lowest BCUT2D eigenvalue weighted by molar-refractivity contribution is 0.596. The predicted octanol–water partition coefficient (Wildman–Crippen LogP) is 3.09. The first-order valence-electron chi connectivity index (χ1n) is 6.64. The van der Waals surface area contributed by atoms with E-state index in [1.165, 1.54) is 17.1 Å². The van der Waals surface area contributed by atoms with Gasteiger partial charge >= 0.3 is 0 Å². The SMILES string of the molecule is CCCCCCC1=NS(=O)(=O)c2ccc(Cl)cc2N1N. The summed E-state index contributed by atoms with van der Waals surface area (Å²) < 4.78 is 28.0. The summed E-state index contributed by atoms with van der Waals surface area (Å²) in [6.07, 6.45) is 4.68. The maximum absolute atomic E-state index is 12.1. The average Bonchev–Trinajstić information content (AvgIpc) is 2.39. The number of hydrogen-bond acceptors (Lipinski definition) is 4. The molecule has 0 atom stereocenters. The Morgan fingerprint density at radius 3 is 2.75 bits per heavy atom. The lowest BCUT2D eigenvalue weighted by Crippen LogP contribution is -2.41. The summed E-state index contributed by atoms with van der Waals surface area (Å²) >= 11 is 5.91. The number of halogens is 1. The number of nitrogens with zero attached hydrogens (tertiary/aromatic N) is 2. The summed E-state index contributed by atoms with van der Waals surface area (Å²) in [5, 5.41) is 1.77. The fourth-order valence-electron chi connectivity index (χ4n) is 2.14. The van der Waals surface area contributed by atoms with Crippen LogP contribution in [0.3, 0.4) is 0 Å². The van der Waals surface area contributed by atoms with Gasteiger partial charge in [-0.3, -0.25) is 5.01 Å².